The van der Waals surface area contributed by atoms with Crippen molar-refractivity contribution in [3.63, 3.8) is 0 Å². The van der Waals surface area contributed by atoms with Gasteiger partial charge in [-0.25, -0.2) is 14.6 Å². The summed E-state index contributed by atoms with van der Waals surface area (Å²) in [5.74, 6) is 0.493. The quantitative estimate of drug-likeness (QED) is 0.764. The number of carbonyl (C=O) groups is 1. The van der Waals surface area contributed by atoms with Crippen molar-refractivity contribution in [3.8, 4) is 5.95 Å². The molecule has 0 spiro atoms. The van der Waals surface area contributed by atoms with E-state index in [2.05, 4.69) is 15.1 Å². The van der Waals surface area contributed by atoms with Gasteiger partial charge < -0.3 is 0 Å². The molecule has 2 rings (SSSR count). The number of aryl methyl sites for hydroxylation is 1. The monoisotopic (exact) mass is 246 g/mol. The Labute approximate surface area is 107 Å². The van der Waals surface area contributed by atoms with Crippen molar-refractivity contribution < 1.29 is 4.79 Å². The second-order valence-corrected chi connectivity index (χ2v) is 3.56. The van der Waals surface area contributed by atoms with Crippen LogP contribution in [0.25, 0.3) is 5.95 Å². The Morgan fingerprint density at radius 2 is 1.72 bits per heavy atom. The first-order valence-corrected chi connectivity index (χ1v) is 5.96. The van der Waals surface area contributed by atoms with Gasteiger partial charge in [-0.3, -0.25) is 4.79 Å². The van der Waals surface area contributed by atoms with Crippen LogP contribution < -0.4 is 0 Å². The zero-order valence-corrected chi connectivity index (χ0v) is 11.4. The fourth-order valence-corrected chi connectivity index (χ4v) is 1.75. The molecule has 0 aliphatic carbocycles. The summed E-state index contributed by atoms with van der Waals surface area (Å²) in [7, 11) is 0. The lowest BCUT2D eigenvalue weighted by atomic mass is 10.1. The van der Waals surface area contributed by atoms with Gasteiger partial charge in [0, 0.05) is 12.4 Å². The molecule has 0 saturated heterocycles. The Morgan fingerprint density at radius 3 is 2.17 bits per heavy atom. The second-order valence-electron chi connectivity index (χ2n) is 3.56. The molecule has 0 amide bonds. The van der Waals surface area contributed by atoms with Crippen LogP contribution in [0.3, 0.4) is 0 Å². The lowest BCUT2D eigenvalue weighted by Gasteiger charge is -2.01. The number of nitrogens with zero attached hydrogens (tertiary/aromatic N) is 4. The van der Waals surface area contributed by atoms with Gasteiger partial charge in [-0.1, -0.05) is 13.8 Å². The number of hydrogen-bond donors (Lipinski definition) is 0. The molecular formula is C13H18N4O. The summed E-state index contributed by atoms with van der Waals surface area (Å²) in [6, 6.07) is 1.74. The lowest BCUT2D eigenvalue weighted by Crippen LogP contribution is -2.05. The predicted octanol–water partition coefficient (Wildman–Crippen LogP) is 2.51. The van der Waals surface area contributed by atoms with Crippen LogP contribution in [-0.2, 0) is 0 Å². The summed E-state index contributed by atoms with van der Waals surface area (Å²) in [5.41, 5.74) is 2.13. The van der Waals surface area contributed by atoms with Crippen molar-refractivity contribution in [2.24, 2.45) is 0 Å². The van der Waals surface area contributed by atoms with E-state index in [1.165, 1.54) is 6.92 Å². The van der Waals surface area contributed by atoms with Gasteiger partial charge in [-0.05, 0) is 26.8 Å². The molecule has 2 aromatic heterocycles. The van der Waals surface area contributed by atoms with Gasteiger partial charge in [0.05, 0.1) is 17.0 Å². The van der Waals surface area contributed by atoms with E-state index in [-0.39, 0.29) is 5.78 Å². The molecule has 0 aliphatic rings. The van der Waals surface area contributed by atoms with Crippen LogP contribution in [0.4, 0.5) is 0 Å². The van der Waals surface area contributed by atoms with E-state index < -0.39 is 0 Å². The van der Waals surface area contributed by atoms with Crippen molar-refractivity contribution in [3.05, 3.63) is 35.4 Å². The van der Waals surface area contributed by atoms with Crippen LogP contribution in [0.5, 0.6) is 0 Å². The molecule has 0 atom stereocenters. The van der Waals surface area contributed by atoms with Crippen molar-refractivity contribution in [1.82, 2.24) is 19.7 Å². The topological polar surface area (TPSA) is 60.7 Å². The highest BCUT2D eigenvalue weighted by Crippen LogP contribution is 2.15. The third kappa shape index (κ3) is 2.61. The molecular weight excluding hydrogens is 228 g/mol. The minimum Gasteiger partial charge on any atom is -0.294 e. The molecule has 0 N–H and O–H groups in total. The predicted molar refractivity (Wildman–Crippen MR) is 70.0 cm³/mol. The Kier molecular flexibility index (Phi) is 4.71. The SMILES string of the molecule is CC.CC(=O)c1c(C)nn(-c2ncccn2)c1C. The summed E-state index contributed by atoms with van der Waals surface area (Å²) in [5, 5.41) is 4.27. The average Bonchev–Trinajstić information content (AvgIpc) is 2.68. The summed E-state index contributed by atoms with van der Waals surface area (Å²) >= 11 is 0. The van der Waals surface area contributed by atoms with Crippen LogP contribution >= 0.6 is 0 Å². The average molecular weight is 246 g/mol. The van der Waals surface area contributed by atoms with Gasteiger partial charge in [0.15, 0.2) is 5.78 Å². The first-order valence-electron chi connectivity index (χ1n) is 5.96. The molecule has 5 heteroatoms. The summed E-state index contributed by atoms with van der Waals surface area (Å²) in [6.07, 6.45) is 3.29. The maximum atomic E-state index is 11.4. The van der Waals surface area contributed by atoms with Gasteiger partial charge in [0.1, 0.15) is 0 Å². The molecule has 96 valence electrons. The molecule has 5 nitrogen and oxygen atoms in total. The molecule has 0 aliphatic heterocycles. The Balaban J connectivity index is 0.000000771. The number of rotatable bonds is 2. The lowest BCUT2D eigenvalue weighted by molar-refractivity contribution is 0.101. The van der Waals surface area contributed by atoms with Crippen LogP contribution in [0.1, 0.15) is 42.5 Å². The van der Waals surface area contributed by atoms with Crippen LogP contribution in [0.2, 0.25) is 0 Å². The molecule has 0 saturated carbocycles. The zero-order valence-electron chi connectivity index (χ0n) is 11.4. The zero-order chi connectivity index (χ0) is 13.7. The number of aromatic nitrogens is 4. The van der Waals surface area contributed by atoms with Crippen molar-refractivity contribution in [1.29, 1.82) is 0 Å². The third-order valence-electron chi connectivity index (χ3n) is 2.38. The van der Waals surface area contributed by atoms with Crippen LogP contribution in [0, 0.1) is 13.8 Å². The first-order chi connectivity index (χ1) is 8.61. The first kappa shape index (κ1) is 14.0. The second kappa shape index (κ2) is 6.05. The standard InChI is InChI=1S/C11H12N4O.C2H6/c1-7-10(9(3)16)8(2)15(14-7)11-12-5-4-6-13-11;1-2/h4-6H,1-3H3;1-2H3. The van der Waals surface area contributed by atoms with E-state index in [0.29, 0.717) is 17.2 Å². The van der Waals surface area contributed by atoms with E-state index in [9.17, 15) is 4.79 Å². The van der Waals surface area contributed by atoms with Crippen molar-refractivity contribution >= 4 is 5.78 Å². The van der Waals surface area contributed by atoms with Crippen LogP contribution in [0.15, 0.2) is 18.5 Å². The molecule has 0 radical (unpaired) electrons. The van der Waals surface area contributed by atoms with Gasteiger partial charge in [0.25, 0.3) is 5.95 Å². The largest absolute Gasteiger partial charge is 0.294 e. The highest BCUT2D eigenvalue weighted by Gasteiger charge is 2.16. The number of carbonyl (C=O) groups excluding carboxylic acids is 1. The molecule has 2 heterocycles. The summed E-state index contributed by atoms with van der Waals surface area (Å²) < 4.78 is 1.59. The number of Topliss-reactive ketones (excluding diaryl/α,β-unsaturated/α-hetero) is 1. The van der Waals surface area contributed by atoms with Gasteiger partial charge in [0.2, 0.25) is 0 Å². The highest BCUT2D eigenvalue weighted by atomic mass is 16.1. The Bertz CT molecular complexity index is 531. The molecule has 0 aromatic carbocycles. The van der Waals surface area contributed by atoms with Crippen molar-refractivity contribution in [2.45, 2.75) is 34.6 Å². The molecule has 0 unspecified atom stereocenters. The van der Waals surface area contributed by atoms with Gasteiger partial charge >= 0.3 is 0 Å². The fourth-order valence-electron chi connectivity index (χ4n) is 1.75. The highest BCUT2D eigenvalue weighted by molar-refractivity contribution is 5.96. The smallest absolute Gasteiger partial charge is 0.250 e. The van der Waals surface area contributed by atoms with E-state index in [0.717, 1.165) is 5.69 Å². The normalized spacial score (nSPS) is 9.61. The minimum absolute atomic E-state index is 0.0113. The minimum atomic E-state index is 0.0113. The summed E-state index contributed by atoms with van der Waals surface area (Å²) in [4.78, 5) is 19.6. The number of ketones is 1. The Hall–Kier alpha value is -2.04. The molecule has 0 bridgehead atoms. The number of hydrogen-bond acceptors (Lipinski definition) is 4. The van der Waals surface area contributed by atoms with Gasteiger partial charge in [-0.15, -0.1) is 0 Å². The Morgan fingerprint density at radius 1 is 1.17 bits per heavy atom. The molecule has 2 aromatic rings. The maximum Gasteiger partial charge on any atom is 0.250 e. The van der Waals surface area contributed by atoms with Crippen LogP contribution in [-0.4, -0.2) is 25.5 Å². The third-order valence-corrected chi connectivity index (χ3v) is 2.38. The van der Waals surface area contributed by atoms with E-state index in [1.54, 1.807) is 23.1 Å². The van der Waals surface area contributed by atoms with Gasteiger partial charge in [-0.2, -0.15) is 5.10 Å². The van der Waals surface area contributed by atoms with Crippen molar-refractivity contribution in [2.75, 3.05) is 0 Å². The van der Waals surface area contributed by atoms with E-state index in [4.69, 9.17) is 0 Å². The summed E-state index contributed by atoms with van der Waals surface area (Å²) in [6.45, 7) is 9.18. The van der Waals surface area contributed by atoms with E-state index in [1.807, 2.05) is 27.7 Å². The molecule has 18 heavy (non-hydrogen) atoms. The molecule has 0 fully saturated rings. The maximum absolute atomic E-state index is 11.4. The van der Waals surface area contributed by atoms with E-state index >= 15 is 0 Å². The fraction of sp³-hybridized carbons (Fsp3) is 0.385.